The highest BCUT2D eigenvalue weighted by molar-refractivity contribution is 6.30. The van der Waals surface area contributed by atoms with Crippen LogP contribution in [0.1, 0.15) is 40.3 Å². The molecule has 3 aromatic carbocycles. The van der Waals surface area contributed by atoms with Gasteiger partial charge in [0.15, 0.2) is 17.4 Å². The minimum atomic E-state index is -0.429. The number of hydrogen-bond acceptors (Lipinski definition) is 4. The van der Waals surface area contributed by atoms with E-state index in [0.29, 0.717) is 27.9 Å². The zero-order valence-corrected chi connectivity index (χ0v) is 21.5. The van der Waals surface area contributed by atoms with Gasteiger partial charge in [-0.2, -0.15) is 0 Å². The van der Waals surface area contributed by atoms with Crippen LogP contribution in [0.4, 0.5) is 4.39 Å². The monoisotopic (exact) mass is 529 g/mol. The number of carbonyl (C=O) groups is 1. The van der Waals surface area contributed by atoms with Crippen LogP contribution in [0.3, 0.4) is 0 Å². The van der Waals surface area contributed by atoms with Gasteiger partial charge < -0.3 is 14.0 Å². The standard InChI is InChI=1S/C30H25ClFN3O3/c1-37-22-8-6-7-20(17-22)29(36)28-27(19-12-14-21(31)15-13-19)23-9-4-5-16-34-26(33-35(28)30(23)34)18-38-25-11-3-2-10-24(25)32/h2-3,6-8,10-15,17H,4-5,9,16,18H2,1H3. The van der Waals surface area contributed by atoms with Crippen molar-refractivity contribution in [2.45, 2.75) is 32.4 Å². The average molecular weight is 530 g/mol. The van der Waals surface area contributed by atoms with E-state index in [1.54, 1.807) is 54.1 Å². The van der Waals surface area contributed by atoms with E-state index in [1.807, 2.05) is 24.3 Å². The van der Waals surface area contributed by atoms with Gasteiger partial charge in [-0.1, -0.05) is 48.0 Å². The lowest BCUT2D eigenvalue weighted by Crippen LogP contribution is -2.09. The fourth-order valence-electron chi connectivity index (χ4n) is 5.15. The van der Waals surface area contributed by atoms with Crippen molar-refractivity contribution in [2.24, 2.45) is 0 Å². The maximum atomic E-state index is 14.2. The predicted molar refractivity (Wildman–Crippen MR) is 144 cm³/mol. The number of methoxy groups -OCH3 is 1. The highest BCUT2D eigenvalue weighted by Crippen LogP contribution is 2.38. The van der Waals surface area contributed by atoms with Crippen molar-refractivity contribution in [2.75, 3.05) is 7.11 Å². The summed E-state index contributed by atoms with van der Waals surface area (Å²) in [5.41, 5.74) is 4.65. The molecule has 0 unspecified atom stereocenters. The number of aryl methyl sites for hydroxylation is 2. The van der Waals surface area contributed by atoms with Crippen LogP contribution in [-0.4, -0.2) is 27.1 Å². The Labute approximate surface area is 224 Å². The minimum Gasteiger partial charge on any atom is -0.497 e. The molecule has 2 aromatic heterocycles. The summed E-state index contributed by atoms with van der Waals surface area (Å²) in [4.78, 5) is 14.1. The molecular weight excluding hydrogens is 505 g/mol. The smallest absolute Gasteiger partial charge is 0.212 e. The molecule has 0 saturated heterocycles. The number of ketones is 1. The summed E-state index contributed by atoms with van der Waals surface area (Å²) in [6.07, 6.45) is 2.71. The lowest BCUT2D eigenvalue weighted by atomic mass is 9.95. The number of rotatable bonds is 7. The van der Waals surface area contributed by atoms with Crippen LogP contribution in [0, 0.1) is 5.82 Å². The third kappa shape index (κ3) is 4.23. The molecule has 1 aliphatic rings. The molecule has 192 valence electrons. The third-order valence-corrected chi connectivity index (χ3v) is 7.19. The fourth-order valence-corrected chi connectivity index (χ4v) is 5.28. The maximum absolute atomic E-state index is 14.2. The van der Waals surface area contributed by atoms with Gasteiger partial charge in [0.1, 0.15) is 23.7 Å². The first kappa shape index (κ1) is 24.2. The Balaban J connectivity index is 1.55. The summed E-state index contributed by atoms with van der Waals surface area (Å²) in [7, 11) is 1.58. The van der Waals surface area contributed by atoms with E-state index in [1.165, 1.54) is 6.07 Å². The normalized spacial score (nSPS) is 12.9. The van der Waals surface area contributed by atoms with E-state index >= 15 is 0 Å². The van der Waals surface area contributed by atoms with Gasteiger partial charge in [-0.05, 0) is 61.2 Å². The number of benzene rings is 3. The van der Waals surface area contributed by atoms with Crippen LogP contribution in [0.25, 0.3) is 16.8 Å². The lowest BCUT2D eigenvalue weighted by Gasteiger charge is -2.10. The molecular formula is C30H25ClFN3O3. The molecule has 8 heteroatoms. The topological polar surface area (TPSA) is 57.8 Å². The second-order valence-electron chi connectivity index (χ2n) is 9.25. The molecule has 6 rings (SSSR count). The van der Waals surface area contributed by atoms with Crippen molar-refractivity contribution in [3.05, 3.63) is 106 Å². The van der Waals surface area contributed by atoms with Gasteiger partial charge in [0.2, 0.25) is 5.78 Å². The van der Waals surface area contributed by atoms with Crippen LogP contribution in [0.2, 0.25) is 5.02 Å². The molecule has 0 amide bonds. The fraction of sp³-hybridized carbons (Fsp3) is 0.200. The van der Waals surface area contributed by atoms with Crippen molar-refractivity contribution in [3.8, 4) is 22.6 Å². The largest absolute Gasteiger partial charge is 0.497 e. The number of carbonyl (C=O) groups excluding carboxylic acids is 1. The first-order valence-electron chi connectivity index (χ1n) is 12.5. The van der Waals surface area contributed by atoms with E-state index in [9.17, 15) is 9.18 Å². The SMILES string of the molecule is COc1cccc(C(=O)c2c(-c3ccc(Cl)cc3)c3c4n(c(COc5ccccc5F)nn24)CCCC3)c1. The van der Waals surface area contributed by atoms with Crippen LogP contribution < -0.4 is 9.47 Å². The van der Waals surface area contributed by atoms with E-state index in [0.717, 1.165) is 48.1 Å². The molecule has 0 aliphatic carbocycles. The molecule has 3 heterocycles. The molecule has 0 radical (unpaired) electrons. The molecule has 38 heavy (non-hydrogen) atoms. The average Bonchev–Trinajstić information content (AvgIpc) is 3.34. The molecule has 0 spiro atoms. The van der Waals surface area contributed by atoms with Gasteiger partial charge in [0.25, 0.3) is 0 Å². The molecule has 0 atom stereocenters. The minimum absolute atomic E-state index is 0.0745. The van der Waals surface area contributed by atoms with Crippen molar-refractivity contribution in [1.82, 2.24) is 14.2 Å². The van der Waals surface area contributed by atoms with Gasteiger partial charge in [-0.25, -0.2) is 8.91 Å². The number of halogens is 2. The highest BCUT2D eigenvalue weighted by Gasteiger charge is 2.31. The van der Waals surface area contributed by atoms with Gasteiger partial charge >= 0.3 is 0 Å². The van der Waals surface area contributed by atoms with E-state index in [2.05, 4.69) is 4.57 Å². The van der Waals surface area contributed by atoms with Crippen LogP contribution in [0.15, 0.2) is 72.8 Å². The molecule has 0 saturated carbocycles. The van der Waals surface area contributed by atoms with Crippen LogP contribution in [0.5, 0.6) is 11.5 Å². The third-order valence-electron chi connectivity index (χ3n) is 6.94. The first-order chi connectivity index (χ1) is 18.5. The number of hydrogen-bond donors (Lipinski definition) is 0. The van der Waals surface area contributed by atoms with Crippen molar-refractivity contribution >= 4 is 23.0 Å². The number of ether oxygens (including phenoxy) is 2. The molecule has 6 nitrogen and oxygen atoms in total. The van der Waals surface area contributed by atoms with E-state index in [-0.39, 0.29) is 18.1 Å². The maximum Gasteiger partial charge on any atom is 0.212 e. The Kier molecular flexibility index (Phi) is 6.37. The first-order valence-corrected chi connectivity index (χ1v) is 12.9. The summed E-state index contributed by atoms with van der Waals surface area (Å²) in [6, 6.07) is 21.0. The zero-order valence-electron chi connectivity index (χ0n) is 20.8. The summed E-state index contributed by atoms with van der Waals surface area (Å²) >= 11 is 6.20. The quantitative estimate of drug-likeness (QED) is 0.219. The molecule has 0 bridgehead atoms. The molecule has 1 aliphatic heterocycles. The van der Waals surface area contributed by atoms with E-state index in [4.69, 9.17) is 26.2 Å². The molecule has 0 N–H and O–H groups in total. The summed E-state index contributed by atoms with van der Waals surface area (Å²) in [6.45, 7) is 0.800. The van der Waals surface area contributed by atoms with Gasteiger partial charge in [-0.3, -0.25) is 4.79 Å². The second kappa shape index (κ2) is 9.99. The highest BCUT2D eigenvalue weighted by atomic mass is 35.5. The van der Waals surface area contributed by atoms with Gasteiger partial charge in [0, 0.05) is 28.3 Å². The number of aromatic nitrogens is 3. The Morgan fingerprint density at radius 1 is 1.05 bits per heavy atom. The Morgan fingerprint density at radius 2 is 1.87 bits per heavy atom. The van der Waals surface area contributed by atoms with E-state index < -0.39 is 5.82 Å². The zero-order chi connectivity index (χ0) is 26.2. The van der Waals surface area contributed by atoms with Crippen molar-refractivity contribution in [1.29, 1.82) is 0 Å². The van der Waals surface area contributed by atoms with Crippen LogP contribution in [-0.2, 0) is 19.6 Å². The van der Waals surface area contributed by atoms with Gasteiger partial charge in [0.05, 0.1) is 7.11 Å². The Morgan fingerprint density at radius 3 is 2.66 bits per heavy atom. The Bertz CT molecular complexity index is 1660. The summed E-state index contributed by atoms with van der Waals surface area (Å²) in [5, 5.41) is 5.50. The number of para-hydroxylation sites is 1. The Hall–Kier alpha value is -4.10. The summed E-state index contributed by atoms with van der Waals surface area (Å²) < 4.78 is 29.3. The molecule has 0 fully saturated rings. The molecule has 5 aromatic rings. The summed E-state index contributed by atoms with van der Waals surface area (Å²) in [5.74, 6) is 0.802. The van der Waals surface area contributed by atoms with Crippen molar-refractivity contribution in [3.63, 3.8) is 0 Å². The van der Waals surface area contributed by atoms with Crippen molar-refractivity contribution < 1.29 is 18.7 Å². The predicted octanol–water partition coefficient (Wildman–Crippen LogP) is 6.75. The van der Waals surface area contributed by atoms with Crippen LogP contribution >= 0.6 is 11.6 Å². The lowest BCUT2D eigenvalue weighted by molar-refractivity contribution is 0.103. The second-order valence-corrected chi connectivity index (χ2v) is 9.69. The van der Waals surface area contributed by atoms with Gasteiger partial charge in [-0.15, -0.1) is 5.10 Å². The number of nitrogens with zero attached hydrogens (tertiary/aromatic N) is 3.